The number of benzene rings is 1. The number of piperidine rings is 1. The van der Waals surface area contributed by atoms with Crippen molar-refractivity contribution >= 4 is 17.5 Å². The van der Waals surface area contributed by atoms with E-state index in [0.717, 1.165) is 24.6 Å². The molecule has 7 heteroatoms. The molecule has 1 N–H and O–H groups in total. The zero-order valence-corrected chi connectivity index (χ0v) is 13.9. The highest BCUT2D eigenvalue weighted by molar-refractivity contribution is 6.33. The largest absolute Gasteiger partial charge is 0.394 e. The van der Waals surface area contributed by atoms with Crippen LogP contribution in [0.5, 0.6) is 0 Å². The zero-order chi connectivity index (χ0) is 17.1. The van der Waals surface area contributed by atoms with Crippen LogP contribution in [0, 0.1) is 5.82 Å². The molecule has 1 amide bonds. The molecule has 3 rings (SSSR count). The summed E-state index contributed by atoms with van der Waals surface area (Å²) in [7, 11) is 0. The molecule has 1 aromatic heterocycles. The van der Waals surface area contributed by atoms with Crippen molar-refractivity contribution in [1.29, 1.82) is 0 Å². The molecule has 1 saturated heterocycles. The molecule has 5 nitrogen and oxygen atoms in total. The highest BCUT2D eigenvalue weighted by atomic mass is 35.5. The number of carbonyl (C=O) groups excluding carboxylic acids is 1. The fourth-order valence-corrected chi connectivity index (χ4v) is 3.31. The first-order valence-electron chi connectivity index (χ1n) is 7.97. The van der Waals surface area contributed by atoms with Gasteiger partial charge in [-0.3, -0.25) is 9.48 Å². The van der Waals surface area contributed by atoms with Gasteiger partial charge in [-0.1, -0.05) is 11.6 Å². The predicted octanol–water partition coefficient (Wildman–Crippen LogP) is 2.69. The molecular weight excluding hydrogens is 333 g/mol. The minimum atomic E-state index is -0.456. The number of amides is 1. The highest BCUT2D eigenvalue weighted by Gasteiger charge is 2.27. The van der Waals surface area contributed by atoms with Crippen molar-refractivity contribution in [3.63, 3.8) is 0 Å². The minimum absolute atomic E-state index is 0.0411. The smallest absolute Gasteiger partial charge is 0.255 e. The third kappa shape index (κ3) is 3.60. The van der Waals surface area contributed by atoms with Gasteiger partial charge >= 0.3 is 0 Å². The summed E-state index contributed by atoms with van der Waals surface area (Å²) in [4.78, 5) is 14.4. The predicted molar refractivity (Wildman–Crippen MR) is 88.6 cm³/mol. The maximum Gasteiger partial charge on any atom is 0.255 e. The average molecular weight is 352 g/mol. The van der Waals surface area contributed by atoms with Gasteiger partial charge < -0.3 is 10.0 Å². The first-order chi connectivity index (χ1) is 11.6. The summed E-state index contributed by atoms with van der Waals surface area (Å²) >= 11 is 6.01. The lowest BCUT2D eigenvalue weighted by atomic mass is 9.94. The van der Waals surface area contributed by atoms with Gasteiger partial charge in [0.2, 0.25) is 0 Å². The topological polar surface area (TPSA) is 58.4 Å². The molecule has 2 aromatic rings. The van der Waals surface area contributed by atoms with E-state index in [9.17, 15) is 9.18 Å². The molecule has 1 unspecified atom stereocenters. The third-order valence-electron chi connectivity index (χ3n) is 4.28. The highest BCUT2D eigenvalue weighted by Crippen LogP contribution is 2.28. The van der Waals surface area contributed by atoms with Crippen molar-refractivity contribution in [2.75, 3.05) is 19.7 Å². The van der Waals surface area contributed by atoms with E-state index in [0.29, 0.717) is 25.2 Å². The number of aromatic nitrogens is 2. The van der Waals surface area contributed by atoms with Crippen LogP contribution in [0.4, 0.5) is 4.39 Å². The SMILES string of the molecule is O=C(c1ccc(F)cc1Cl)N1CCCC(c2ccn(CCO)n2)C1. The average Bonchev–Trinajstić information content (AvgIpc) is 3.03. The molecule has 1 atom stereocenters. The molecule has 1 fully saturated rings. The molecule has 0 bridgehead atoms. The van der Waals surface area contributed by atoms with Gasteiger partial charge in [-0.05, 0) is 37.1 Å². The first kappa shape index (κ1) is 16.9. The molecule has 2 heterocycles. The van der Waals surface area contributed by atoms with Crippen LogP contribution in [0.1, 0.15) is 34.8 Å². The first-order valence-corrected chi connectivity index (χ1v) is 8.35. The van der Waals surface area contributed by atoms with Crippen LogP contribution >= 0.6 is 11.6 Å². The lowest BCUT2D eigenvalue weighted by molar-refractivity contribution is 0.0706. The van der Waals surface area contributed by atoms with Crippen molar-refractivity contribution in [2.24, 2.45) is 0 Å². The summed E-state index contributed by atoms with van der Waals surface area (Å²) < 4.78 is 14.9. The molecule has 0 saturated carbocycles. The van der Waals surface area contributed by atoms with Gasteiger partial charge in [-0.15, -0.1) is 0 Å². The summed E-state index contributed by atoms with van der Waals surface area (Å²) in [5.74, 6) is -0.483. The van der Waals surface area contributed by atoms with E-state index in [2.05, 4.69) is 5.10 Å². The monoisotopic (exact) mass is 351 g/mol. The lowest BCUT2D eigenvalue weighted by Gasteiger charge is -2.32. The van der Waals surface area contributed by atoms with Crippen molar-refractivity contribution < 1.29 is 14.3 Å². The van der Waals surface area contributed by atoms with Crippen LogP contribution in [0.15, 0.2) is 30.5 Å². The van der Waals surface area contributed by atoms with Crippen molar-refractivity contribution in [1.82, 2.24) is 14.7 Å². The number of aliphatic hydroxyl groups is 1. The van der Waals surface area contributed by atoms with Crippen LogP contribution in [0.2, 0.25) is 5.02 Å². The summed E-state index contributed by atoms with van der Waals surface area (Å²) in [6.45, 7) is 1.71. The van der Waals surface area contributed by atoms with Gasteiger partial charge in [0, 0.05) is 25.2 Å². The van der Waals surface area contributed by atoms with E-state index < -0.39 is 5.82 Å². The number of halogens is 2. The number of nitrogens with zero attached hydrogens (tertiary/aromatic N) is 3. The van der Waals surface area contributed by atoms with Gasteiger partial charge in [-0.2, -0.15) is 5.10 Å². The Morgan fingerprint density at radius 3 is 3.00 bits per heavy atom. The summed E-state index contributed by atoms with van der Waals surface area (Å²) in [5.41, 5.74) is 1.25. The number of hydrogen-bond acceptors (Lipinski definition) is 3. The van der Waals surface area contributed by atoms with Crippen LogP contribution in [-0.2, 0) is 6.54 Å². The molecular formula is C17H19ClFN3O2. The van der Waals surface area contributed by atoms with Gasteiger partial charge in [0.05, 0.1) is 29.4 Å². The van der Waals surface area contributed by atoms with Crippen LogP contribution in [0.25, 0.3) is 0 Å². The number of aliphatic hydroxyl groups excluding tert-OH is 1. The van der Waals surface area contributed by atoms with E-state index in [1.54, 1.807) is 9.58 Å². The molecule has 1 aromatic carbocycles. The van der Waals surface area contributed by atoms with E-state index >= 15 is 0 Å². The standard InChI is InChI=1S/C17H19ClFN3O2/c18-15-10-13(19)3-4-14(15)17(24)21-6-1-2-12(11-21)16-5-7-22(20-16)8-9-23/h3-5,7,10,12,23H,1-2,6,8-9,11H2. The Bertz CT molecular complexity index is 734. The Morgan fingerprint density at radius 1 is 1.42 bits per heavy atom. The number of rotatable bonds is 4. The van der Waals surface area contributed by atoms with Gasteiger partial charge in [0.15, 0.2) is 0 Å². The number of carbonyl (C=O) groups is 1. The Labute approximate surface area is 144 Å². The second kappa shape index (κ2) is 7.32. The maximum absolute atomic E-state index is 13.2. The second-order valence-electron chi connectivity index (χ2n) is 5.94. The molecule has 0 aliphatic carbocycles. The molecule has 1 aliphatic heterocycles. The lowest BCUT2D eigenvalue weighted by Crippen LogP contribution is -2.39. The molecule has 24 heavy (non-hydrogen) atoms. The number of likely N-dealkylation sites (tertiary alicyclic amines) is 1. The van der Waals surface area contributed by atoms with E-state index in [1.807, 2.05) is 12.3 Å². The second-order valence-corrected chi connectivity index (χ2v) is 6.35. The molecule has 0 spiro atoms. The van der Waals surface area contributed by atoms with Crippen molar-refractivity contribution in [3.05, 3.63) is 52.6 Å². The van der Waals surface area contributed by atoms with Crippen LogP contribution in [-0.4, -0.2) is 45.4 Å². The molecule has 128 valence electrons. The van der Waals surface area contributed by atoms with Gasteiger partial charge in [0.25, 0.3) is 5.91 Å². The van der Waals surface area contributed by atoms with E-state index in [1.165, 1.54) is 12.1 Å². The van der Waals surface area contributed by atoms with Crippen molar-refractivity contribution in [3.8, 4) is 0 Å². The molecule has 0 radical (unpaired) electrons. The van der Waals surface area contributed by atoms with Gasteiger partial charge in [0.1, 0.15) is 5.82 Å². The minimum Gasteiger partial charge on any atom is -0.394 e. The fraction of sp³-hybridized carbons (Fsp3) is 0.412. The Hall–Kier alpha value is -1.92. The Morgan fingerprint density at radius 2 is 2.25 bits per heavy atom. The Kier molecular flexibility index (Phi) is 5.16. The van der Waals surface area contributed by atoms with E-state index in [-0.39, 0.29) is 23.5 Å². The normalized spacial score (nSPS) is 18.0. The fourth-order valence-electron chi connectivity index (χ4n) is 3.06. The van der Waals surface area contributed by atoms with E-state index in [4.69, 9.17) is 16.7 Å². The zero-order valence-electron chi connectivity index (χ0n) is 13.2. The summed E-state index contributed by atoms with van der Waals surface area (Å²) in [5, 5.41) is 13.6. The third-order valence-corrected chi connectivity index (χ3v) is 4.59. The van der Waals surface area contributed by atoms with Gasteiger partial charge in [-0.25, -0.2) is 4.39 Å². The number of hydrogen-bond donors (Lipinski definition) is 1. The molecule has 1 aliphatic rings. The summed E-state index contributed by atoms with van der Waals surface area (Å²) in [6.07, 6.45) is 3.67. The Balaban J connectivity index is 1.73. The van der Waals surface area contributed by atoms with Crippen molar-refractivity contribution in [2.45, 2.75) is 25.3 Å². The quantitative estimate of drug-likeness (QED) is 0.921. The summed E-state index contributed by atoms with van der Waals surface area (Å²) in [6, 6.07) is 5.77. The maximum atomic E-state index is 13.2. The van der Waals surface area contributed by atoms with Crippen LogP contribution < -0.4 is 0 Å². The van der Waals surface area contributed by atoms with Crippen LogP contribution in [0.3, 0.4) is 0 Å².